The maximum atomic E-state index is 11.5. The number of aryl methyl sites for hydroxylation is 1. The highest BCUT2D eigenvalue weighted by Crippen LogP contribution is 2.35. The zero-order chi connectivity index (χ0) is 12.5. The predicted octanol–water partition coefficient (Wildman–Crippen LogP) is 2.89. The number of aliphatic carboxylic acids is 1. The van der Waals surface area contributed by atoms with E-state index in [2.05, 4.69) is 23.3 Å². The number of carboxylic acids is 1. The van der Waals surface area contributed by atoms with Gasteiger partial charge in [0, 0.05) is 11.4 Å². The summed E-state index contributed by atoms with van der Waals surface area (Å²) in [6.07, 6.45) is 2.46. The van der Waals surface area contributed by atoms with Gasteiger partial charge in [-0.2, -0.15) is 0 Å². The largest absolute Gasteiger partial charge is 0.480 e. The Morgan fingerprint density at radius 3 is 2.94 bits per heavy atom. The standard InChI is InChI=1S/C13H19NO2S/c1-3-13(12(15)16)6-4-7-14(13)9-11-10(2)5-8-17-11/h5,8H,3-4,6-7,9H2,1-2H3,(H,15,16). The van der Waals surface area contributed by atoms with E-state index < -0.39 is 11.5 Å². The average molecular weight is 253 g/mol. The Morgan fingerprint density at radius 2 is 2.41 bits per heavy atom. The van der Waals surface area contributed by atoms with Crippen LogP contribution in [-0.4, -0.2) is 28.1 Å². The van der Waals surface area contributed by atoms with Crippen molar-refractivity contribution in [2.75, 3.05) is 6.54 Å². The van der Waals surface area contributed by atoms with Crippen molar-refractivity contribution in [1.82, 2.24) is 4.90 Å². The lowest BCUT2D eigenvalue weighted by Gasteiger charge is -2.33. The molecule has 1 fully saturated rings. The number of hydrogen-bond acceptors (Lipinski definition) is 3. The Labute approximate surface area is 106 Å². The van der Waals surface area contributed by atoms with Crippen molar-refractivity contribution in [3.05, 3.63) is 21.9 Å². The smallest absolute Gasteiger partial charge is 0.324 e. The van der Waals surface area contributed by atoms with Gasteiger partial charge in [0.2, 0.25) is 0 Å². The van der Waals surface area contributed by atoms with Crippen LogP contribution in [0.1, 0.15) is 36.6 Å². The van der Waals surface area contributed by atoms with Crippen molar-refractivity contribution >= 4 is 17.3 Å². The van der Waals surface area contributed by atoms with Crippen LogP contribution in [0.15, 0.2) is 11.4 Å². The first-order valence-corrected chi connectivity index (χ1v) is 6.99. The maximum absolute atomic E-state index is 11.5. The molecule has 1 unspecified atom stereocenters. The molecule has 0 amide bonds. The Hall–Kier alpha value is -0.870. The van der Waals surface area contributed by atoms with E-state index in [1.165, 1.54) is 10.4 Å². The number of hydrogen-bond donors (Lipinski definition) is 1. The van der Waals surface area contributed by atoms with Gasteiger partial charge in [0.1, 0.15) is 5.54 Å². The molecule has 0 spiro atoms. The highest BCUT2D eigenvalue weighted by Gasteiger charge is 2.46. The maximum Gasteiger partial charge on any atom is 0.324 e. The van der Waals surface area contributed by atoms with Crippen molar-refractivity contribution in [2.45, 2.75) is 45.2 Å². The fraction of sp³-hybridized carbons (Fsp3) is 0.615. The predicted molar refractivity (Wildman–Crippen MR) is 69.4 cm³/mol. The number of carboxylic acid groups (broad SMARTS) is 1. The average Bonchev–Trinajstić information content (AvgIpc) is 2.87. The fourth-order valence-electron chi connectivity index (χ4n) is 2.70. The molecule has 1 N–H and O–H groups in total. The first-order chi connectivity index (χ1) is 8.10. The molecule has 0 radical (unpaired) electrons. The molecule has 2 rings (SSSR count). The Balaban J connectivity index is 2.20. The number of rotatable bonds is 4. The molecule has 1 saturated heterocycles. The molecule has 0 aliphatic carbocycles. The highest BCUT2D eigenvalue weighted by atomic mass is 32.1. The van der Waals surface area contributed by atoms with Gasteiger partial charge in [-0.15, -0.1) is 11.3 Å². The minimum absolute atomic E-state index is 0.629. The second-order valence-electron chi connectivity index (χ2n) is 4.74. The number of likely N-dealkylation sites (tertiary alicyclic amines) is 1. The van der Waals surface area contributed by atoms with Crippen LogP contribution in [0.4, 0.5) is 0 Å². The summed E-state index contributed by atoms with van der Waals surface area (Å²) >= 11 is 1.72. The molecule has 2 heterocycles. The number of thiophene rings is 1. The van der Waals surface area contributed by atoms with E-state index in [0.29, 0.717) is 6.42 Å². The van der Waals surface area contributed by atoms with E-state index in [9.17, 15) is 9.90 Å². The summed E-state index contributed by atoms with van der Waals surface area (Å²) in [7, 11) is 0. The summed E-state index contributed by atoms with van der Waals surface area (Å²) in [6.45, 7) is 5.76. The first kappa shape index (κ1) is 12.6. The second kappa shape index (κ2) is 4.78. The molecule has 17 heavy (non-hydrogen) atoms. The molecule has 3 nitrogen and oxygen atoms in total. The molecule has 1 aromatic rings. The van der Waals surface area contributed by atoms with Crippen LogP contribution in [0.5, 0.6) is 0 Å². The van der Waals surface area contributed by atoms with E-state index in [1.54, 1.807) is 11.3 Å². The Kier molecular flexibility index (Phi) is 3.54. The summed E-state index contributed by atoms with van der Waals surface area (Å²) in [5.74, 6) is -0.660. The van der Waals surface area contributed by atoms with Crippen LogP contribution in [0.25, 0.3) is 0 Å². The van der Waals surface area contributed by atoms with E-state index >= 15 is 0 Å². The van der Waals surface area contributed by atoms with Gasteiger partial charge in [0.25, 0.3) is 0 Å². The molecule has 94 valence electrons. The molecular weight excluding hydrogens is 234 g/mol. The van der Waals surface area contributed by atoms with Crippen LogP contribution in [0.2, 0.25) is 0 Å². The van der Waals surface area contributed by atoms with Gasteiger partial charge in [0.15, 0.2) is 0 Å². The fourth-order valence-corrected chi connectivity index (χ4v) is 3.62. The van der Waals surface area contributed by atoms with Crippen molar-refractivity contribution in [2.24, 2.45) is 0 Å². The van der Waals surface area contributed by atoms with E-state index in [4.69, 9.17) is 0 Å². The monoisotopic (exact) mass is 253 g/mol. The normalized spacial score (nSPS) is 25.3. The van der Waals surface area contributed by atoms with Crippen molar-refractivity contribution < 1.29 is 9.90 Å². The Bertz CT molecular complexity index is 415. The van der Waals surface area contributed by atoms with E-state index in [-0.39, 0.29) is 0 Å². The number of carbonyl (C=O) groups is 1. The summed E-state index contributed by atoms with van der Waals surface area (Å²) in [5.41, 5.74) is 0.647. The van der Waals surface area contributed by atoms with E-state index in [1.807, 2.05) is 6.92 Å². The summed E-state index contributed by atoms with van der Waals surface area (Å²) < 4.78 is 0. The Morgan fingerprint density at radius 1 is 1.65 bits per heavy atom. The molecule has 1 aliphatic heterocycles. The lowest BCUT2D eigenvalue weighted by Crippen LogP contribution is -2.49. The van der Waals surface area contributed by atoms with Crippen LogP contribution in [-0.2, 0) is 11.3 Å². The van der Waals surface area contributed by atoms with Crippen LogP contribution in [0, 0.1) is 6.92 Å². The van der Waals surface area contributed by atoms with Gasteiger partial charge in [-0.25, -0.2) is 0 Å². The van der Waals surface area contributed by atoms with Crippen molar-refractivity contribution in [1.29, 1.82) is 0 Å². The lowest BCUT2D eigenvalue weighted by atomic mass is 9.93. The summed E-state index contributed by atoms with van der Waals surface area (Å²) in [4.78, 5) is 15.0. The molecule has 1 aromatic heterocycles. The third kappa shape index (κ3) is 2.11. The quantitative estimate of drug-likeness (QED) is 0.897. The summed E-state index contributed by atoms with van der Waals surface area (Å²) in [6, 6.07) is 2.10. The minimum Gasteiger partial charge on any atom is -0.480 e. The van der Waals surface area contributed by atoms with Gasteiger partial charge in [-0.05, 0) is 49.7 Å². The third-order valence-electron chi connectivity index (χ3n) is 3.91. The first-order valence-electron chi connectivity index (χ1n) is 6.11. The van der Waals surface area contributed by atoms with E-state index in [0.717, 1.165) is 25.9 Å². The lowest BCUT2D eigenvalue weighted by molar-refractivity contribution is -0.150. The van der Waals surface area contributed by atoms with Crippen molar-refractivity contribution in [3.8, 4) is 0 Å². The molecular formula is C13H19NO2S. The minimum atomic E-state index is -0.660. The highest BCUT2D eigenvalue weighted by molar-refractivity contribution is 7.10. The van der Waals surface area contributed by atoms with Crippen LogP contribution < -0.4 is 0 Å². The summed E-state index contributed by atoms with van der Waals surface area (Å²) in [5, 5.41) is 11.6. The molecule has 0 aromatic carbocycles. The molecule has 0 saturated carbocycles. The van der Waals surface area contributed by atoms with Gasteiger partial charge < -0.3 is 5.11 Å². The van der Waals surface area contributed by atoms with Gasteiger partial charge in [-0.1, -0.05) is 6.92 Å². The molecule has 1 aliphatic rings. The molecule has 4 heteroatoms. The molecule has 1 atom stereocenters. The zero-order valence-electron chi connectivity index (χ0n) is 10.4. The van der Waals surface area contributed by atoms with Crippen LogP contribution >= 0.6 is 11.3 Å². The molecule has 0 bridgehead atoms. The zero-order valence-corrected chi connectivity index (χ0v) is 11.2. The van der Waals surface area contributed by atoms with Crippen LogP contribution in [0.3, 0.4) is 0 Å². The van der Waals surface area contributed by atoms with Crippen molar-refractivity contribution in [3.63, 3.8) is 0 Å². The topological polar surface area (TPSA) is 40.5 Å². The SMILES string of the molecule is CCC1(C(=O)O)CCCN1Cc1sccc1C. The second-order valence-corrected chi connectivity index (χ2v) is 5.74. The third-order valence-corrected chi connectivity index (χ3v) is 4.92. The van der Waals surface area contributed by atoms with Gasteiger partial charge >= 0.3 is 5.97 Å². The van der Waals surface area contributed by atoms with Gasteiger partial charge in [-0.3, -0.25) is 9.69 Å². The number of nitrogens with zero attached hydrogens (tertiary/aromatic N) is 1. The van der Waals surface area contributed by atoms with Gasteiger partial charge in [0.05, 0.1) is 0 Å².